The van der Waals surface area contributed by atoms with Gasteiger partial charge in [-0.3, -0.25) is 0 Å². The minimum absolute atomic E-state index is 0.0117. The first-order valence-corrected chi connectivity index (χ1v) is 6.73. The molecule has 3 nitrogen and oxygen atoms in total. The lowest BCUT2D eigenvalue weighted by Crippen LogP contribution is -1.85. The van der Waals surface area contributed by atoms with Gasteiger partial charge in [0.1, 0.15) is 28.4 Å². The second kappa shape index (κ2) is 5.02. The minimum atomic E-state index is -0.777. The molecule has 3 rings (SSSR count). The number of hydrogen-bond donors (Lipinski definition) is 2. The fraction of sp³-hybridized carbons (Fsp3) is 0. The number of H-pyrrole nitrogens is 1. The van der Waals surface area contributed by atoms with E-state index in [1.165, 1.54) is 12.1 Å². The number of fused-ring (bicyclic) bond motifs is 1. The standard InChI is InChI=1S/C13H5Cl3F2N2O/c14-5-1-4(9(21)3-8(5)17)13-19-11-7(16)2-6(15)10(18)12(11)20-13/h1-3,21H,(H,19,20). The number of imidazole rings is 1. The van der Waals surface area contributed by atoms with Gasteiger partial charge < -0.3 is 10.1 Å². The summed E-state index contributed by atoms with van der Waals surface area (Å²) in [6.45, 7) is 0. The number of benzene rings is 2. The van der Waals surface area contributed by atoms with Gasteiger partial charge in [0.15, 0.2) is 5.82 Å². The quantitative estimate of drug-likeness (QED) is 0.595. The molecule has 0 radical (unpaired) electrons. The van der Waals surface area contributed by atoms with E-state index in [0.29, 0.717) is 0 Å². The molecule has 0 spiro atoms. The Bertz CT molecular complexity index is 880. The van der Waals surface area contributed by atoms with Crippen molar-refractivity contribution in [2.75, 3.05) is 0 Å². The first-order chi connectivity index (χ1) is 9.88. The van der Waals surface area contributed by atoms with Gasteiger partial charge in [-0.25, -0.2) is 13.8 Å². The number of aromatic hydroxyl groups is 1. The summed E-state index contributed by atoms with van der Waals surface area (Å²) in [5, 5.41) is 9.56. The number of rotatable bonds is 1. The molecule has 0 aliphatic heterocycles. The number of halogens is 5. The second-order valence-corrected chi connectivity index (χ2v) is 5.47. The molecule has 1 heterocycles. The highest BCUT2D eigenvalue weighted by Crippen LogP contribution is 2.36. The van der Waals surface area contributed by atoms with Crippen LogP contribution in [-0.4, -0.2) is 15.1 Å². The molecule has 0 atom stereocenters. The van der Waals surface area contributed by atoms with Crippen molar-refractivity contribution in [3.63, 3.8) is 0 Å². The molecule has 0 saturated heterocycles. The van der Waals surface area contributed by atoms with E-state index < -0.39 is 17.4 Å². The van der Waals surface area contributed by atoms with Crippen LogP contribution in [0.15, 0.2) is 18.2 Å². The average molecular weight is 350 g/mol. The molecule has 1 aromatic heterocycles. The van der Waals surface area contributed by atoms with E-state index in [1.54, 1.807) is 0 Å². The fourth-order valence-corrected chi connectivity index (χ4v) is 2.59. The van der Waals surface area contributed by atoms with E-state index in [1.807, 2.05) is 0 Å². The number of aromatic nitrogens is 2. The molecule has 0 unspecified atom stereocenters. The van der Waals surface area contributed by atoms with Crippen molar-refractivity contribution >= 4 is 45.8 Å². The molecule has 21 heavy (non-hydrogen) atoms. The molecule has 0 amide bonds. The largest absolute Gasteiger partial charge is 0.507 e. The van der Waals surface area contributed by atoms with E-state index in [4.69, 9.17) is 34.8 Å². The summed E-state index contributed by atoms with van der Waals surface area (Å²) in [7, 11) is 0. The first-order valence-electron chi connectivity index (χ1n) is 5.60. The topological polar surface area (TPSA) is 48.9 Å². The number of nitrogens with one attached hydrogen (secondary N) is 1. The highest BCUT2D eigenvalue weighted by Gasteiger charge is 2.18. The number of phenolic OH excluding ortho intramolecular Hbond substituents is 1. The smallest absolute Gasteiger partial charge is 0.167 e. The van der Waals surface area contributed by atoms with E-state index in [0.717, 1.165) is 6.07 Å². The zero-order valence-corrected chi connectivity index (χ0v) is 12.3. The van der Waals surface area contributed by atoms with E-state index in [-0.39, 0.29) is 37.5 Å². The Balaban J connectivity index is 2.30. The van der Waals surface area contributed by atoms with Gasteiger partial charge in [0.2, 0.25) is 0 Å². The van der Waals surface area contributed by atoms with Crippen molar-refractivity contribution in [2.45, 2.75) is 0 Å². The number of phenols is 1. The Morgan fingerprint density at radius 1 is 1.00 bits per heavy atom. The highest BCUT2D eigenvalue weighted by atomic mass is 35.5. The number of nitrogens with zero attached hydrogens (tertiary/aromatic N) is 1. The molecular weight excluding hydrogens is 345 g/mol. The lowest BCUT2D eigenvalue weighted by atomic mass is 10.2. The lowest BCUT2D eigenvalue weighted by Gasteiger charge is -2.02. The normalized spacial score (nSPS) is 11.3. The number of hydrogen-bond acceptors (Lipinski definition) is 2. The lowest BCUT2D eigenvalue weighted by molar-refractivity contribution is 0.471. The molecule has 108 valence electrons. The van der Waals surface area contributed by atoms with Crippen LogP contribution in [0.2, 0.25) is 15.1 Å². The van der Waals surface area contributed by atoms with Gasteiger partial charge in [-0.1, -0.05) is 34.8 Å². The van der Waals surface area contributed by atoms with Crippen molar-refractivity contribution in [1.82, 2.24) is 9.97 Å². The molecule has 8 heteroatoms. The van der Waals surface area contributed by atoms with Crippen LogP contribution in [0.25, 0.3) is 22.4 Å². The summed E-state index contributed by atoms with van der Waals surface area (Å²) in [6.07, 6.45) is 0. The first kappa shape index (κ1) is 14.4. The fourth-order valence-electron chi connectivity index (χ4n) is 1.92. The Morgan fingerprint density at radius 3 is 2.43 bits per heavy atom. The van der Waals surface area contributed by atoms with Crippen LogP contribution >= 0.6 is 34.8 Å². The third-order valence-corrected chi connectivity index (χ3v) is 3.76. The zero-order chi connectivity index (χ0) is 15.3. The van der Waals surface area contributed by atoms with Gasteiger partial charge in [-0.2, -0.15) is 0 Å². The third-order valence-electron chi connectivity index (χ3n) is 2.91. The molecule has 0 saturated carbocycles. The maximum Gasteiger partial charge on any atom is 0.167 e. The van der Waals surface area contributed by atoms with Crippen molar-refractivity contribution in [3.05, 3.63) is 44.9 Å². The van der Waals surface area contributed by atoms with E-state index >= 15 is 0 Å². The third kappa shape index (κ3) is 2.31. The maximum atomic E-state index is 13.9. The van der Waals surface area contributed by atoms with Gasteiger partial charge >= 0.3 is 0 Å². The van der Waals surface area contributed by atoms with Crippen LogP contribution in [0.1, 0.15) is 0 Å². The molecule has 0 fully saturated rings. The van der Waals surface area contributed by atoms with Gasteiger partial charge in [-0.15, -0.1) is 0 Å². The molecule has 0 bridgehead atoms. The summed E-state index contributed by atoms with van der Waals surface area (Å²) < 4.78 is 27.2. The van der Waals surface area contributed by atoms with Crippen molar-refractivity contribution in [3.8, 4) is 17.1 Å². The van der Waals surface area contributed by atoms with Gasteiger partial charge in [0.05, 0.1) is 20.6 Å². The van der Waals surface area contributed by atoms with Crippen LogP contribution in [0, 0.1) is 11.6 Å². The van der Waals surface area contributed by atoms with Crippen LogP contribution in [-0.2, 0) is 0 Å². The molecule has 2 N–H and O–H groups in total. The Kier molecular flexibility index (Phi) is 3.43. The summed E-state index contributed by atoms with van der Waals surface area (Å²) in [5.74, 6) is -1.80. The summed E-state index contributed by atoms with van der Waals surface area (Å²) in [4.78, 5) is 6.74. The van der Waals surface area contributed by atoms with E-state index in [9.17, 15) is 13.9 Å². The van der Waals surface area contributed by atoms with Crippen LogP contribution in [0.5, 0.6) is 5.75 Å². The molecule has 2 aromatic carbocycles. The van der Waals surface area contributed by atoms with Gasteiger partial charge in [0, 0.05) is 6.07 Å². The summed E-state index contributed by atoms with van der Waals surface area (Å²) >= 11 is 17.3. The highest BCUT2D eigenvalue weighted by molar-refractivity contribution is 6.38. The molecule has 0 aliphatic rings. The Morgan fingerprint density at radius 2 is 1.71 bits per heavy atom. The van der Waals surface area contributed by atoms with E-state index in [2.05, 4.69) is 9.97 Å². The van der Waals surface area contributed by atoms with Crippen molar-refractivity contribution in [2.24, 2.45) is 0 Å². The zero-order valence-electron chi connectivity index (χ0n) is 10.0. The number of aromatic amines is 1. The van der Waals surface area contributed by atoms with Crippen LogP contribution in [0.3, 0.4) is 0 Å². The summed E-state index contributed by atoms with van der Waals surface area (Å²) in [5.41, 5.74) is 0.250. The SMILES string of the molecule is Oc1cc(F)c(Cl)cc1-c1nc2c(Cl)cc(Cl)c(F)c2[nH]1. The predicted octanol–water partition coefficient (Wildman–Crippen LogP) is 5.17. The molecular formula is C13H5Cl3F2N2O. The summed E-state index contributed by atoms with van der Waals surface area (Å²) in [6, 6.07) is 3.25. The van der Waals surface area contributed by atoms with Gasteiger partial charge in [0.25, 0.3) is 0 Å². The average Bonchev–Trinajstić information content (AvgIpc) is 2.86. The van der Waals surface area contributed by atoms with Crippen LogP contribution < -0.4 is 0 Å². The Labute approximate surface area is 132 Å². The maximum absolute atomic E-state index is 13.9. The monoisotopic (exact) mass is 348 g/mol. The molecule has 3 aromatic rings. The Hall–Kier alpha value is -1.56. The second-order valence-electron chi connectivity index (χ2n) is 4.25. The molecule has 0 aliphatic carbocycles. The van der Waals surface area contributed by atoms with Crippen LogP contribution in [0.4, 0.5) is 8.78 Å². The predicted molar refractivity (Wildman–Crippen MR) is 78.1 cm³/mol. The van der Waals surface area contributed by atoms with Crippen molar-refractivity contribution in [1.29, 1.82) is 0 Å². The van der Waals surface area contributed by atoms with Gasteiger partial charge in [-0.05, 0) is 12.1 Å². The van der Waals surface area contributed by atoms with Crippen molar-refractivity contribution < 1.29 is 13.9 Å². The minimum Gasteiger partial charge on any atom is -0.507 e.